The fourth-order valence-corrected chi connectivity index (χ4v) is 2.87. The molecule has 0 radical (unpaired) electrons. The van der Waals surface area contributed by atoms with Crippen molar-refractivity contribution in [1.82, 2.24) is 0 Å². The predicted molar refractivity (Wildman–Crippen MR) is 74.2 cm³/mol. The van der Waals surface area contributed by atoms with E-state index in [2.05, 4.69) is 0 Å². The number of rotatable bonds is 2. The molecular weight excluding hydrogens is 244 g/mol. The van der Waals surface area contributed by atoms with Crippen LogP contribution in [0.25, 0.3) is 21.9 Å². The van der Waals surface area contributed by atoms with E-state index in [0.29, 0.717) is 5.56 Å². The van der Waals surface area contributed by atoms with Gasteiger partial charge in [0, 0.05) is 10.9 Å². The third-order valence-corrected chi connectivity index (χ3v) is 3.70. The van der Waals surface area contributed by atoms with Gasteiger partial charge in [-0.2, -0.15) is 11.3 Å². The Morgan fingerprint density at radius 2 is 1.78 bits per heavy atom. The predicted octanol–water partition coefficient (Wildman–Crippen LogP) is 4.27. The summed E-state index contributed by atoms with van der Waals surface area (Å²) in [4.78, 5) is 11.1. The van der Waals surface area contributed by atoms with Crippen LogP contribution in [0.3, 0.4) is 0 Å². The smallest absolute Gasteiger partial charge is 0.337 e. The molecule has 88 valence electrons. The lowest BCUT2D eigenvalue weighted by molar-refractivity contribution is 0.0698. The van der Waals surface area contributed by atoms with Crippen LogP contribution >= 0.6 is 11.3 Å². The molecule has 2 nitrogen and oxygen atoms in total. The van der Waals surface area contributed by atoms with Gasteiger partial charge < -0.3 is 5.11 Å². The van der Waals surface area contributed by atoms with Gasteiger partial charge in [-0.15, -0.1) is 0 Å². The first-order chi connectivity index (χ1) is 8.75. The highest BCUT2D eigenvalue weighted by Gasteiger charge is 2.12. The van der Waals surface area contributed by atoms with Gasteiger partial charge in [-0.25, -0.2) is 4.79 Å². The Bertz CT molecular complexity index is 728. The van der Waals surface area contributed by atoms with Crippen LogP contribution in [0.2, 0.25) is 0 Å². The summed E-state index contributed by atoms with van der Waals surface area (Å²) in [5, 5.41) is 15.0. The maximum Gasteiger partial charge on any atom is 0.337 e. The van der Waals surface area contributed by atoms with Crippen molar-refractivity contribution in [2.24, 2.45) is 0 Å². The van der Waals surface area contributed by atoms with Crippen molar-refractivity contribution >= 4 is 28.1 Å². The molecule has 3 aromatic rings. The van der Waals surface area contributed by atoms with Crippen LogP contribution in [0.1, 0.15) is 10.4 Å². The summed E-state index contributed by atoms with van der Waals surface area (Å²) in [5.41, 5.74) is 2.11. The molecule has 3 heteroatoms. The summed E-state index contributed by atoms with van der Waals surface area (Å²) in [6.45, 7) is 0. The molecule has 0 aliphatic rings. The van der Waals surface area contributed by atoms with Crippen LogP contribution in [0.5, 0.6) is 0 Å². The molecule has 1 aromatic heterocycles. The quantitative estimate of drug-likeness (QED) is 0.741. The largest absolute Gasteiger partial charge is 0.478 e. The molecule has 18 heavy (non-hydrogen) atoms. The third-order valence-electron chi connectivity index (χ3n) is 2.95. The molecule has 0 saturated carbocycles. The summed E-state index contributed by atoms with van der Waals surface area (Å²) in [7, 11) is 0. The lowest BCUT2D eigenvalue weighted by Gasteiger charge is -2.03. The SMILES string of the molecule is O=C(O)c1cscc1-c1ccc2ccccc2c1. The summed E-state index contributed by atoms with van der Waals surface area (Å²) >= 11 is 1.41. The van der Waals surface area contributed by atoms with Crippen molar-refractivity contribution in [3.8, 4) is 11.1 Å². The number of carboxylic acids is 1. The molecule has 1 N–H and O–H groups in total. The minimum atomic E-state index is -0.876. The topological polar surface area (TPSA) is 37.3 Å². The second-order valence-electron chi connectivity index (χ2n) is 4.07. The molecule has 0 amide bonds. The van der Waals surface area contributed by atoms with Crippen molar-refractivity contribution in [2.45, 2.75) is 0 Å². The zero-order valence-corrected chi connectivity index (χ0v) is 10.3. The van der Waals surface area contributed by atoms with Crippen LogP contribution in [-0.2, 0) is 0 Å². The lowest BCUT2D eigenvalue weighted by Crippen LogP contribution is -1.95. The summed E-state index contributed by atoms with van der Waals surface area (Å²) in [6.07, 6.45) is 0. The second-order valence-corrected chi connectivity index (χ2v) is 4.81. The highest BCUT2D eigenvalue weighted by Crippen LogP contribution is 2.29. The normalized spacial score (nSPS) is 10.7. The minimum Gasteiger partial charge on any atom is -0.478 e. The standard InChI is InChI=1S/C15H10O2S/c16-15(17)14-9-18-8-13(14)12-6-5-10-3-1-2-4-11(10)7-12/h1-9H,(H,16,17). The number of hydrogen-bond acceptors (Lipinski definition) is 2. The van der Waals surface area contributed by atoms with Gasteiger partial charge in [-0.05, 0) is 27.8 Å². The first kappa shape index (κ1) is 11.0. The van der Waals surface area contributed by atoms with E-state index in [1.165, 1.54) is 11.3 Å². The van der Waals surface area contributed by atoms with Gasteiger partial charge in [0.1, 0.15) is 0 Å². The van der Waals surface area contributed by atoms with Gasteiger partial charge in [0.05, 0.1) is 5.56 Å². The molecule has 0 aliphatic heterocycles. The van der Waals surface area contributed by atoms with Crippen LogP contribution in [0, 0.1) is 0 Å². The summed E-state index contributed by atoms with van der Waals surface area (Å²) in [5.74, 6) is -0.876. The molecular formula is C15H10O2S. The number of fused-ring (bicyclic) bond motifs is 1. The Morgan fingerprint density at radius 1 is 1.00 bits per heavy atom. The molecule has 2 aromatic carbocycles. The van der Waals surface area contributed by atoms with Gasteiger partial charge >= 0.3 is 5.97 Å². The number of carbonyl (C=O) groups is 1. The van der Waals surface area contributed by atoms with E-state index in [4.69, 9.17) is 5.11 Å². The van der Waals surface area contributed by atoms with E-state index in [1.807, 2.05) is 47.8 Å². The maximum absolute atomic E-state index is 11.1. The molecule has 0 saturated heterocycles. The fourth-order valence-electron chi connectivity index (χ4n) is 2.04. The highest BCUT2D eigenvalue weighted by atomic mass is 32.1. The highest BCUT2D eigenvalue weighted by molar-refractivity contribution is 7.08. The van der Waals surface area contributed by atoms with Crippen molar-refractivity contribution in [2.75, 3.05) is 0 Å². The van der Waals surface area contributed by atoms with Gasteiger partial charge in [-0.1, -0.05) is 36.4 Å². The van der Waals surface area contributed by atoms with Gasteiger partial charge in [0.2, 0.25) is 0 Å². The first-order valence-electron chi connectivity index (χ1n) is 5.54. The monoisotopic (exact) mass is 254 g/mol. The van der Waals surface area contributed by atoms with Gasteiger partial charge in [0.15, 0.2) is 0 Å². The maximum atomic E-state index is 11.1. The molecule has 0 bridgehead atoms. The lowest BCUT2D eigenvalue weighted by atomic mass is 10.0. The van der Waals surface area contributed by atoms with Crippen molar-refractivity contribution < 1.29 is 9.90 Å². The molecule has 0 atom stereocenters. The van der Waals surface area contributed by atoms with Gasteiger partial charge in [0.25, 0.3) is 0 Å². The van der Waals surface area contributed by atoms with Crippen molar-refractivity contribution in [1.29, 1.82) is 0 Å². The van der Waals surface area contributed by atoms with Crippen LogP contribution in [-0.4, -0.2) is 11.1 Å². The van der Waals surface area contributed by atoms with Crippen LogP contribution in [0.4, 0.5) is 0 Å². The Labute approximate surface area is 108 Å². The number of aromatic carboxylic acids is 1. The van der Waals surface area contributed by atoms with E-state index in [1.54, 1.807) is 5.38 Å². The first-order valence-corrected chi connectivity index (χ1v) is 6.48. The van der Waals surface area contributed by atoms with Gasteiger partial charge in [-0.3, -0.25) is 0 Å². The number of benzene rings is 2. The second kappa shape index (κ2) is 4.27. The summed E-state index contributed by atoms with van der Waals surface area (Å²) < 4.78 is 0. The van der Waals surface area contributed by atoms with Crippen LogP contribution < -0.4 is 0 Å². The molecule has 0 spiro atoms. The molecule has 0 fully saturated rings. The zero-order chi connectivity index (χ0) is 12.5. The number of thiophene rings is 1. The van der Waals surface area contributed by atoms with E-state index >= 15 is 0 Å². The van der Waals surface area contributed by atoms with E-state index in [9.17, 15) is 4.79 Å². The average molecular weight is 254 g/mol. The molecule has 3 rings (SSSR count). The Balaban J connectivity index is 2.19. The van der Waals surface area contributed by atoms with E-state index < -0.39 is 5.97 Å². The molecule has 0 aliphatic carbocycles. The van der Waals surface area contributed by atoms with E-state index in [0.717, 1.165) is 21.9 Å². The number of hydrogen-bond donors (Lipinski definition) is 1. The fraction of sp³-hybridized carbons (Fsp3) is 0. The zero-order valence-electron chi connectivity index (χ0n) is 9.46. The van der Waals surface area contributed by atoms with Crippen molar-refractivity contribution in [3.05, 3.63) is 58.8 Å². The Kier molecular flexibility index (Phi) is 2.61. The van der Waals surface area contributed by atoms with E-state index in [-0.39, 0.29) is 0 Å². The molecule has 1 heterocycles. The van der Waals surface area contributed by atoms with Crippen molar-refractivity contribution in [3.63, 3.8) is 0 Å². The Morgan fingerprint density at radius 3 is 2.56 bits per heavy atom. The Hall–Kier alpha value is -2.13. The number of carboxylic acid groups (broad SMARTS) is 1. The average Bonchev–Trinajstić information content (AvgIpc) is 2.87. The molecule has 0 unspecified atom stereocenters. The van der Waals surface area contributed by atoms with Crippen LogP contribution in [0.15, 0.2) is 53.2 Å². The summed E-state index contributed by atoms with van der Waals surface area (Å²) in [6, 6.07) is 14.1. The third kappa shape index (κ3) is 1.79. The minimum absolute atomic E-state index is 0.371.